The van der Waals surface area contributed by atoms with Crippen LogP contribution in [-0.4, -0.2) is 76.1 Å². The number of nitrogens with one attached hydrogen (secondary N) is 2. The molecule has 0 spiro atoms. The lowest BCUT2D eigenvalue weighted by Gasteiger charge is -2.26. The van der Waals surface area contributed by atoms with E-state index in [1.807, 2.05) is 13.8 Å². The smallest absolute Gasteiger partial charge is 0.328 e. The van der Waals surface area contributed by atoms with E-state index in [1.165, 1.54) is 11.8 Å². The molecule has 5 atom stereocenters. The molecule has 10 nitrogen and oxygen atoms in total. The zero-order chi connectivity index (χ0) is 20.7. The molecule has 0 radical (unpaired) electrons. The van der Waals surface area contributed by atoms with Crippen molar-refractivity contribution in [1.29, 1.82) is 0 Å². The Hall–Kier alpha value is -2.20. The van der Waals surface area contributed by atoms with Crippen molar-refractivity contribution in [3.05, 3.63) is 0 Å². The van der Waals surface area contributed by atoms with Crippen molar-refractivity contribution in [3.63, 3.8) is 0 Å². The van der Waals surface area contributed by atoms with Gasteiger partial charge in [0.1, 0.15) is 6.04 Å². The van der Waals surface area contributed by atoms with E-state index in [4.69, 9.17) is 10.8 Å². The molecule has 0 bridgehead atoms. The number of aliphatic carboxylic acids is 1. The first-order valence-corrected chi connectivity index (χ1v) is 9.14. The molecule has 5 unspecified atom stereocenters. The summed E-state index contributed by atoms with van der Waals surface area (Å²) < 4.78 is 0. The van der Waals surface area contributed by atoms with E-state index in [0.717, 1.165) is 6.42 Å². The van der Waals surface area contributed by atoms with Crippen LogP contribution in [0.5, 0.6) is 0 Å². The number of carboxylic acid groups (broad SMARTS) is 1. The number of likely N-dealkylation sites (tertiary alicyclic amines) is 1. The third-order valence-electron chi connectivity index (χ3n) is 4.90. The van der Waals surface area contributed by atoms with E-state index >= 15 is 0 Å². The maximum Gasteiger partial charge on any atom is 0.328 e. The molecule has 27 heavy (non-hydrogen) atoms. The van der Waals surface area contributed by atoms with Crippen LogP contribution in [0.3, 0.4) is 0 Å². The molecular formula is C17H30N4O6. The summed E-state index contributed by atoms with van der Waals surface area (Å²) in [6, 6.07) is -3.01. The highest BCUT2D eigenvalue weighted by Crippen LogP contribution is 2.18. The van der Waals surface area contributed by atoms with E-state index in [9.17, 15) is 24.3 Å². The molecule has 10 heteroatoms. The fraction of sp³-hybridized carbons (Fsp3) is 0.765. The highest BCUT2D eigenvalue weighted by Gasteiger charge is 2.36. The predicted octanol–water partition coefficient (Wildman–Crippen LogP) is -1.58. The Kier molecular flexibility index (Phi) is 8.64. The van der Waals surface area contributed by atoms with Crippen LogP contribution in [0.25, 0.3) is 0 Å². The Morgan fingerprint density at radius 2 is 1.89 bits per heavy atom. The molecule has 0 aromatic rings. The van der Waals surface area contributed by atoms with E-state index < -0.39 is 47.9 Å². The maximum absolute atomic E-state index is 12.4. The van der Waals surface area contributed by atoms with Gasteiger partial charge in [0.05, 0.1) is 18.7 Å². The third kappa shape index (κ3) is 6.17. The minimum Gasteiger partial charge on any atom is -0.480 e. The first-order chi connectivity index (χ1) is 12.6. The summed E-state index contributed by atoms with van der Waals surface area (Å²) >= 11 is 0. The van der Waals surface area contributed by atoms with E-state index in [-0.39, 0.29) is 12.5 Å². The van der Waals surface area contributed by atoms with Crippen LogP contribution in [0.15, 0.2) is 0 Å². The van der Waals surface area contributed by atoms with Gasteiger partial charge in [-0.25, -0.2) is 4.79 Å². The Labute approximate surface area is 158 Å². The van der Waals surface area contributed by atoms with Gasteiger partial charge in [-0.2, -0.15) is 0 Å². The molecule has 0 saturated carbocycles. The number of nitrogens with zero attached hydrogens (tertiary/aromatic N) is 1. The normalized spacial score (nSPS) is 21.1. The number of hydrogen-bond donors (Lipinski definition) is 5. The quantitative estimate of drug-likeness (QED) is 0.319. The summed E-state index contributed by atoms with van der Waals surface area (Å²) in [7, 11) is 0. The molecule has 6 N–H and O–H groups in total. The summed E-state index contributed by atoms with van der Waals surface area (Å²) in [5.74, 6) is -2.91. The number of aliphatic hydroxyl groups excluding tert-OH is 1. The number of rotatable bonds is 9. The Morgan fingerprint density at radius 1 is 1.26 bits per heavy atom. The predicted molar refractivity (Wildman–Crippen MR) is 96.4 cm³/mol. The number of aliphatic hydroxyl groups is 1. The van der Waals surface area contributed by atoms with Crippen LogP contribution in [0, 0.1) is 5.92 Å². The lowest BCUT2D eigenvalue weighted by molar-refractivity contribution is -0.146. The molecule has 1 heterocycles. The highest BCUT2D eigenvalue weighted by molar-refractivity contribution is 5.93. The SMILES string of the molecule is CCC(C)C(N)C(=O)NCC(=O)N1CCCC1C(=O)NC(C(=O)O)C(C)O. The number of carbonyl (C=O) groups is 4. The number of nitrogens with two attached hydrogens (primary N) is 1. The fourth-order valence-corrected chi connectivity index (χ4v) is 2.87. The number of carbonyl (C=O) groups excluding carboxylic acids is 3. The summed E-state index contributed by atoms with van der Waals surface area (Å²) in [5, 5.41) is 23.3. The first-order valence-electron chi connectivity index (χ1n) is 9.14. The van der Waals surface area contributed by atoms with Gasteiger partial charge >= 0.3 is 5.97 Å². The van der Waals surface area contributed by atoms with Crippen molar-refractivity contribution >= 4 is 23.7 Å². The maximum atomic E-state index is 12.4. The molecule has 0 aromatic carbocycles. The second kappa shape index (κ2) is 10.2. The summed E-state index contributed by atoms with van der Waals surface area (Å²) in [6.07, 6.45) is 0.407. The summed E-state index contributed by atoms with van der Waals surface area (Å²) in [4.78, 5) is 49.2. The first kappa shape index (κ1) is 22.8. The Bertz CT molecular complexity index is 568. The van der Waals surface area contributed by atoms with Gasteiger partial charge in [0, 0.05) is 6.54 Å². The average molecular weight is 386 g/mol. The van der Waals surface area contributed by atoms with Crippen molar-refractivity contribution in [2.24, 2.45) is 11.7 Å². The lowest BCUT2D eigenvalue weighted by Crippen LogP contribution is -2.55. The zero-order valence-electron chi connectivity index (χ0n) is 16.0. The molecule has 3 amide bonds. The van der Waals surface area contributed by atoms with Crippen molar-refractivity contribution in [3.8, 4) is 0 Å². The fourth-order valence-electron chi connectivity index (χ4n) is 2.87. The van der Waals surface area contributed by atoms with Crippen molar-refractivity contribution in [2.75, 3.05) is 13.1 Å². The van der Waals surface area contributed by atoms with Crippen molar-refractivity contribution in [2.45, 2.75) is 64.3 Å². The molecule has 1 rings (SSSR count). The Morgan fingerprint density at radius 3 is 2.41 bits per heavy atom. The van der Waals surface area contributed by atoms with Gasteiger partial charge < -0.3 is 31.5 Å². The molecule has 154 valence electrons. The summed E-state index contributed by atoms with van der Waals surface area (Å²) in [6.45, 7) is 5.05. The largest absolute Gasteiger partial charge is 0.480 e. The van der Waals surface area contributed by atoms with Crippen LogP contribution in [-0.2, 0) is 19.2 Å². The Balaban J connectivity index is 2.65. The number of carboxylic acids is 1. The molecule has 0 aromatic heterocycles. The van der Waals surface area contributed by atoms with Gasteiger partial charge in [0.15, 0.2) is 6.04 Å². The van der Waals surface area contributed by atoms with Crippen LogP contribution in [0.2, 0.25) is 0 Å². The minimum absolute atomic E-state index is 0.0289. The van der Waals surface area contributed by atoms with Crippen LogP contribution in [0.1, 0.15) is 40.0 Å². The standard InChI is InChI=1S/C17H30N4O6/c1-4-9(2)13(18)16(25)19-8-12(23)21-7-5-6-11(21)15(24)20-14(10(3)22)17(26)27/h9-11,13-14,22H,4-8,18H2,1-3H3,(H,19,25)(H,20,24)(H,26,27). The van der Waals surface area contributed by atoms with Crippen LogP contribution in [0.4, 0.5) is 0 Å². The molecule has 1 fully saturated rings. The topological polar surface area (TPSA) is 162 Å². The van der Waals surface area contributed by atoms with E-state index in [1.54, 1.807) is 0 Å². The monoisotopic (exact) mass is 386 g/mol. The molecular weight excluding hydrogens is 356 g/mol. The number of amides is 3. The van der Waals surface area contributed by atoms with Crippen LogP contribution >= 0.6 is 0 Å². The molecule has 1 aliphatic heterocycles. The van der Waals surface area contributed by atoms with Gasteiger partial charge in [-0.05, 0) is 25.7 Å². The molecule has 1 aliphatic rings. The van der Waals surface area contributed by atoms with Gasteiger partial charge in [0.25, 0.3) is 0 Å². The molecule has 0 aliphatic carbocycles. The van der Waals surface area contributed by atoms with Gasteiger partial charge in [0.2, 0.25) is 17.7 Å². The van der Waals surface area contributed by atoms with Crippen LogP contribution < -0.4 is 16.4 Å². The van der Waals surface area contributed by atoms with Gasteiger partial charge in [-0.1, -0.05) is 20.3 Å². The third-order valence-corrected chi connectivity index (χ3v) is 4.90. The second-order valence-corrected chi connectivity index (χ2v) is 6.94. The highest BCUT2D eigenvalue weighted by atomic mass is 16.4. The van der Waals surface area contributed by atoms with Crippen molar-refractivity contribution < 1.29 is 29.4 Å². The van der Waals surface area contributed by atoms with Gasteiger partial charge in [-0.3, -0.25) is 14.4 Å². The second-order valence-electron chi connectivity index (χ2n) is 6.94. The average Bonchev–Trinajstić information content (AvgIpc) is 3.11. The van der Waals surface area contributed by atoms with Gasteiger partial charge in [-0.15, -0.1) is 0 Å². The molecule has 1 saturated heterocycles. The van der Waals surface area contributed by atoms with Crippen molar-refractivity contribution in [1.82, 2.24) is 15.5 Å². The van der Waals surface area contributed by atoms with E-state index in [2.05, 4.69) is 10.6 Å². The lowest BCUT2D eigenvalue weighted by atomic mass is 9.99. The minimum atomic E-state index is -1.46. The van der Waals surface area contributed by atoms with E-state index in [0.29, 0.717) is 19.4 Å². The number of hydrogen-bond acceptors (Lipinski definition) is 6. The zero-order valence-corrected chi connectivity index (χ0v) is 16.0. The summed E-state index contributed by atoms with van der Waals surface area (Å²) in [5.41, 5.74) is 5.82.